The Kier molecular flexibility index (Phi) is 13.0. The van der Waals surface area contributed by atoms with E-state index >= 15 is 0 Å². The number of aliphatic hydroxyl groups is 1. The monoisotopic (exact) mass is 285 g/mol. The van der Waals surface area contributed by atoms with Crippen LogP contribution in [0.1, 0.15) is 78.1 Å². The lowest BCUT2D eigenvalue weighted by molar-refractivity contribution is -0.135. The van der Waals surface area contributed by atoms with Gasteiger partial charge in [0.05, 0.1) is 6.61 Å². The van der Waals surface area contributed by atoms with Crippen LogP contribution in [-0.4, -0.2) is 36.1 Å². The van der Waals surface area contributed by atoms with Crippen molar-refractivity contribution >= 4 is 5.91 Å². The van der Waals surface area contributed by atoms with Gasteiger partial charge in [-0.05, 0) is 12.8 Å². The highest BCUT2D eigenvalue weighted by Crippen LogP contribution is 2.20. The molecule has 3 nitrogen and oxygen atoms in total. The number of unbranched alkanes of at least 4 members (excludes halogenated alkanes) is 6. The summed E-state index contributed by atoms with van der Waals surface area (Å²) in [6, 6.07) is 0. The van der Waals surface area contributed by atoms with E-state index < -0.39 is 0 Å². The Balaban J connectivity index is 4.18. The van der Waals surface area contributed by atoms with Gasteiger partial charge < -0.3 is 10.0 Å². The summed E-state index contributed by atoms with van der Waals surface area (Å²) in [7, 11) is 1.81. The van der Waals surface area contributed by atoms with Crippen LogP contribution in [0, 0.1) is 5.92 Å². The SMILES string of the molecule is CCCCCCC(CCCCCC)C(=O)N(C)CCO. The first-order chi connectivity index (χ1) is 9.67. The molecule has 0 aromatic heterocycles. The molecular weight excluding hydrogens is 250 g/mol. The molecule has 0 heterocycles. The number of likely N-dealkylation sites (N-methyl/N-ethyl adjacent to an activating group) is 1. The zero-order valence-electron chi connectivity index (χ0n) is 13.9. The number of carbonyl (C=O) groups excluding carboxylic acids is 1. The second-order valence-electron chi connectivity index (χ2n) is 5.88. The van der Waals surface area contributed by atoms with Gasteiger partial charge in [-0.1, -0.05) is 65.2 Å². The molecule has 0 aliphatic carbocycles. The number of rotatable bonds is 13. The summed E-state index contributed by atoms with van der Waals surface area (Å²) in [6.45, 7) is 4.94. The Morgan fingerprint density at radius 2 is 1.45 bits per heavy atom. The van der Waals surface area contributed by atoms with Gasteiger partial charge in [0.25, 0.3) is 0 Å². The maximum atomic E-state index is 12.4. The van der Waals surface area contributed by atoms with Gasteiger partial charge in [-0.2, -0.15) is 0 Å². The number of hydrogen-bond donors (Lipinski definition) is 1. The molecule has 0 aromatic rings. The van der Waals surface area contributed by atoms with Crippen LogP contribution in [0.3, 0.4) is 0 Å². The lowest BCUT2D eigenvalue weighted by Gasteiger charge is -2.23. The van der Waals surface area contributed by atoms with E-state index in [1.54, 1.807) is 4.90 Å². The van der Waals surface area contributed by atoms with Gasteiger partial charge in [-0.3, -0.25) is 4.79 Å². The van der Waals surface area contributed by atoms with Crippen LogP contribution < -0.4 is 0 Å². The van der Waals surface area contributed by atoms with Crippen molar-refractivity contribution in [3.8, 4) is 0 Å². The first kappa shape index (κ1) is 19.4. The Hall–Kier alpha value is -0.570. The minimum atomic E-state index is 0.0562. The topological polar surface area (TPSA) is 40.5 Å². The number of aliphatic hydroxyl groups excluding tert-OH is 1. The second kappa shape index (κ2) is 13.4. The fraction of sp³-hybridized carbons (Fsp3) is 0.941. The average Bonchev–Trinajstić information content (AvgIpc) is 2.45. The quantitative estimate of drug-likeness (QED) is 0.520. The van der Waals surface area contributed by atoms with Gasteiger partial charge in [0.2, 0.25) is 5.91 Å². The average molecular weight is 285 g/mol. The van der Waals surface area contributed by atoms with Crippen molar-refractivity contribution in [3.05, 3.63) is 0 Å². The minimum absolute atomic E-state index is 0.0562. The number of amides is 1. The largest absolute Gasteiger partial charge is 0.395 e. The van der Waals surface area contributed by atoms with Crippen LogP contribution in [0.15, 0.2) is 0 Å². The minimum Gasteiger partial charge on any atom is -0.395 e. The van der Waals surface area contributed by atoms with Crippen LogP contribution in [0.2, 0.25) is 0 Å². The molecule has 0 radical (unpaired) electrons. The molecule has 0 atom stereocenters. The van der Waals surface area contributed by atoms with Gasteiger partial charge in [0, 0.05) is 19.5 Å². The highest BCUT2D eigenvalue weighted by molar-refractivity contribution is 5.78. The van der Waals surface area contributed by atoms with Crippen LogP contribution in [0.25, 0.3) is 0 Å². The van der Waals surface area contributed by atoms with Crippen LogP contribution in [0.4, 0.5) is 0 Å². The van der Waals surface area contributed by atoms with Gasteiger partial charge in [0.1, 0.15) is 0 Å². The Labute approximate surface area is 125 Å². The van der Waals surface area contributed by atoms with Crippen LogP contribution in [-0.2, 0) is 4.79 Å². The first-order valence-electron chi connectivity index (χ1n) is 8.53. The van der Waals surface area contributed by atoms with E-state index in [0.29, 0.717) is 6.54 Å². The highest BCUT2D eigenvalue weighted by Gasteiger charge is 2.20. The smallest absolute Gasteiger partial charge is 0.225 e. The first-order valence-corrected chi connectivity index (χ1v) is 8.53. The van der Waals surface area contributed by atoms with Gasteiger partial charge in [-0.25, -0.2) is 0 Å². The zero-order valence-corrected chi connectivity index (χ0v) is 13.9. The summed E-state index contributed by atoms with van der Waals surface area (Å²) in [6.07, 6.45) is 11.8. The third kappa shape index (κ3) is 9.35. The molecule has 0 bridgehead atoms. The standard InChI is InChI=1S/C17H35NO2/c1-4-6-8-10-12-16(13-11-9-7-5-2)17(20)18(3)14-15-19/h16,19H,4-15H2,1-3H3. The van der Waals surface area contributed by atoms with Crippen molar-refractivity contribution in [1.82, 2.24) is 4.90 Å². The van der Waals surface area contributed by atoms with E-state index in [1.165, 1.54) is 38.5 Å². The fourth-order valence-corrected chi connectivity index (χ4v) is 2.60. The summed E-state index contributed by atoms with van der Waals surface area (Å²) in [5.41, 5.74) is 0. The molecule has 20 heavy (non-hydrogen) atoms. The van der Waals surface area contributed by atoms with E-state index in [1.807, 2.05) is 7.05 Å². The van der Waals surface area contributed by atoms with Crippen molar-refractivity contribution in [2.24, 2.45) is 5.92 Å². The molecule has 1 N–H and O–H groups in total. The molecule has 0 aromatic carbocycles. The van der Waals surface area contributed by atoms with Crippen molar-refractivity contribution in [2.45, 2.75) is 78.1 Å². The van der Waals surface area contributed by atoms with Gasteiger partial charge in [-0.15, -0.1) is 0 Å². The van der Waals surface area contributed by atoms with Gasteiger partial charge in [0.15, 0.2) is 0 Å². The number of hydrogen-bond acceptors (Lipinski definition) is 2. The molecule has 120 valence electrons. The molecule has 0 saturated carbocycles. The normalized spacial score (nSPS) is 11.1. The maximum absolute atomic E-state index is 12.4. The Bertz CT molecular complexity index is 219. The van der Waals surface area contributed by atoms with E-state index in [4.69, 9.17) is 5.11 Å². The van der Waals surface area contributed by atoms with E-state index in [-0.39, 0.29) is 18.4 Å². The van der Waals surface area contributed by atoms with Crippen molar-refractivity contribution in [2.75, 3.05) is 20.2 Å². The second-order valence-corrected chi connectivity index (χ2v) is 5.88. The van der Waals surface area contributed by atoms with Crippen LogP contribution in [0.5, 0.6) is 0 Å². The summed E-state index contributed by atoms with van der Waals surface area (Å²) >= 11 is 0. The van der Waals surface area contributed by atoms with Crippen molar-refractivity contribution in [3.63, 3.8) is 0 Å². The molecule has 3 heteroatoms. The van der Waals surface area contributed by atoms with E-state index in [0.717, 1.165) is 25.7 Å². The maximum Gasteiger partial charge on any atom is 0.225 e. The molecule has 1 amide bonds. The summed E-state index contributed by atoms with van der Waals surface area (Å²) in [5.74, 6) is 0.396. The molecule has 0 rings (SSSR count). The molecule has 0 saturated heterocycles. The summed E-state index contributed by atoms with van der Waals surface area (Å²) in [5, 5.41) is 8.97. The lowest BCUT2D eigenvalue weighted by atomic mass is 9.93. The summed E-state index contributed by atoms with van der Waals surface area (Å²) < 4.78 is 0. The third-order valence-electron chi connectivity index (χ3n) is 3.97. The molecule has 0 fully saturated rings. The van der Waals surface area contributed by atoms with E-state index in [9.17, 15) is 4.79 Å². The molecule has 0 aliphatic rings. The third-order valence-corrected chi connectivity index (χ3v) is 3.97. The molecule has 0 unspecified atom stereocenters. The predicted octanol–water partition coefficient (Wildman–Crippen LogP) is 3.99. The Morgan fingerprint density at radius 3 is 1.85 bits per heavy atom. The van der Waals surface area contributed by atoms with Gasteiger partial charge >= 0.3 is 0 Å². The molecule has 0 spiro atoms. The van der Waals surface area contributed by atoms with E-state index in [2.05, 4.69) is 13.8 Å². The zero-order chi connectivity index (χ0) is 15.2. The van der Waals surface area contributed by atoms with Crippen molar-refractivity contribution in [1.29, 1.82) is 0 Å². The summed E-state index contributed by atoms with van der Waals surface area (Å²) in [4.78, 5) is 14.1. The number of carbonyl (C=O) groups is 1. The van der Waals surface area contributed by atoms with Crippen LogP contribution >= 0.6 is 0 Å². The molecular formula is C17H35NO2. The number of nitrogens with zero attached hydrogens (tertiary/aromatic N) is 1. The van der Waals surface area contributed by atoms with Crippen molar-refractivity contribution < 1.29 is 9.90 Å². The fourth-order valence-electron chi connectivity index (χ4n) is 2.60. The Morgan fingerprint density at radius 1 is 0.950 bits per heavy atom. The highest BCUT2D eigenvalue weighted by atomic mass is 16.3. The lowest BCUT2D eigenvalue weighted by Crippen LogP contribution is -2.35. The molecule has 0 aliphatic heterocycles. The predicted molar refractivity (Wildman–Crippen MR) is 85.7 cm³/mol.